The molecule has 19 heteroatoms. The molecule has 17 nitrogen and oxygen atoms in total. The van der Waals surface area contributed by atoms with Gasteiger partial charge in [0.05, 0.1) is 26.4 Å². The van der Waals surface area contributed by atoms with Crippen LogP contribution < -0.4 is 0 Å². The molecule has 540 valence electrons. The Kier molecular flexibility index (Phi) is 60.3. The minimum Gasteiger partial charge on any atom is -0.462 e. The smallest absolute Gasteiger partial charge is 0.462 e. The molecule has 0 bridgehead atoms. The highest BCUT2D eigenvalue weighted by Gasteiger charge is 2.30. The van der Waals surface area contributed by atoms with Gasteiger partial charge in [-0.1, -0.05) is 306 Å². The van der Waals surface area contributed by atoms with Crippen LogP contribution in [-0.2, 0) is 65.4 Å². The number of aliphatic hydroxyl groups is 1. The Morgan fingerprint density at radius 3 is 0.780 bits per heavy atom. The van der Waals surface area contributed by atoms with Crippen LogP contribution in [0.4, 0.5) is 0 Å². The lowest BCUT2D eigenvalue weighted by Crippen LogP contribution is -2.30. The number of carbonyl (C=O) groups is 4. The van der Waals surface area contributed by atoms with E-state index in [9.17, 15) is 43.2 Å². The predicted octanol–water partition coefficient (Wildman–Crippen LogP) is 20.5. The number of phosphoric acid groups is 2. The summed E-state index contributed by atoms with van der Waals surface area (Å²) in [7, 11) is -9.90. The number of carbonyl (C=O) groups excluding carboxylic acids is 4. The second-order valence-corrected chi connectivity index (χ2v) is 30.6. The molecule has 0 spiro atoms. The molecule has 0 aromatic heterocycles. The molecule has 0 aliphatic carbocycles. The van der Waals surface area contributed by atoms with E-state index in [0.717, 1.165) is 115 Å². The largest absolute Gasteiger partial charge is 0.472 e. The van der Waals surface area contributed by atoms with Gasteiger partial charge in [-0.15, -0.1) is 0 Å². The van der Waals surface area contributed by atoms with Gasteiger partial charge in [-0.2, -0.15) is 0 Å². The van der Waals surface area contributed by atoms with Gasteiger partial charge < -0.3 is 33.8 Å². The second kappa shape index (κ2) is 61.6. The minimum atomic E-state index is -4.95. The Balaban J connectivity index is 5.21. The van der Waals surface area contributed by atoms with Crippen molar-refractivity contribution in [3.63, 3.8) is 0 Å². The topological polar surface area (TPSA) is 237 Å². The molecule has 0 aliphatic rings. The van der Waals surface area contributed by atoms with Crippen molar-refractivity contribution in [3.05, 3.63) is 0 Å². The second-order valence-electron chi connectivity index (χ2n) is 27.6. The number of aliphatic hydroxyl groups excluding tert-OH is 1. The summed E-state index contributed by atoms with van der Waals surface area (Å²) in [4.78, 5) is 72.6. The monoisotopic (exact) mass is 1340 g/mol. The van der Waals surface area contributed by atoms with Crippen molar-refractivity contribution < 1.29 is 80.2 Å². The zero-order chi connectivity index (χ0) is 67.5. The lowest BCUT2D eigenvalue weighted by atomic mass is 9.99. The van der Waals surface area contributed by atoms with Gasteiger partial charge in [-0.05, 0) is 49.4 Å². The molecule has 0 saturated heterocycles. The first kappa shape index (κ1) is 89.1. The van der Waals surface area contributed by atoms with Gasteiger partial charge in [0, 0.05) is 25.7 Å². The third-order valence-electron chi connectivity index (χ3n) is 16.9. The standard InChI is InChI=1S/C72H140O17P2/c1-9-65(8)51-43-35-26-20-16-12-10-11-13-17-21-27-38-46-54-71(76)88-67(58-82-69(74)52-44-36-29-23-25-33-41-49-63(4)5)60-86-90(78,79)84-56-66(73)57-85-91(80,81)87-61-68(59-83-70(75)53-45-37-31-30-34-42-50-64(6)7)89-72(77)55-47-39-28-22-18-14-15-19-24-32-40-48-62(2)3/h62-68,73H,9-61H2,1-8H3,(H,78,79)(H,80,81)/t65?,66?,67-,68-/m1/s1. The van der Waals surface area contributed by atoms with Crippen LogP contribution in [0.5, 0.6) is 0 Å². The number of phosphoric ester groups is 2. The molecule has 0 aromatic rings. The number of hydrogen-bond donors (Lipinski definition) is 3. The minimum absolute atomic E-state index is 0.105. The van der Waals surface area contributed by atoms with Crippen LogP contribution in [-0.4, -0.2) is 96.7 Å². The maximum atomic E-state index is 13.0. The molecular formula is C72H140O17P2. The van der Waals surface area contributed by atoms with Crippen LogP contribution in [0.15, 0.2) is 0 Å². The molecule has 0 aliphatic heterocycles. The molecule has 6 atom stereocenters. The van der Waals surface area contributed by atoms with Gasteiger partial charge in [-0.3, -0.25) is 37.3 Å². The first-order valence-electron chi connectivity index (χ1n) is 37.2. The highest BCUT2D eigenvalue weighted by atomic mass is 31.2. The summed E-state index contributed by atoms with van der Waals surface area (Å²) in [5.74, 6) is 0.866. The SMILES string of the molecule is CCC(C)CCCCCCCCCCCCCCCCC(=O)O[C@H](COC(=O)CCCCCCCCCC(C)C)COP(=O)(O)OCC(O)COP(=O)(O)OC[C@@H](COC(=O)CCCCCCCCC(C)C)OC(=O)CCCCCCCCCCCCCC(C)C. The summed E-state index contributed by atoms with van der Waals surface area (Å²) in [5.41, 5.74) is 0. The van der Waals surface area contributed by atoms with Gasteiger partial charge >= 0.3 is 39.5 Å². The lowest BCUT2D eigenvalue weighted by molar-refractivity contribution is -0.161. The predicted molar refractivity (Wildman–Crippen MR) is 367 cm³/mol. The molecule has 0 amide bonds. The fourth-order valence-corrected chi connectivity index (χ4v) is 12.4. The summed E-state index contributed by atoms with van der Waals surface area (Å²) in [5, 5.41) is 10.6. The molecule has 0 fully saturated rings. The van der Waals surface area contributed by atoms with E-state index in [1.807, 2.05) is 0 Å². The first-order chi connectivity index (χ1) is 43.6. The highest BCUT2D eigenvalue weighted by Crippen LogP contribution is 2.45. The van der Waals surface area contributed by atoms with Crippen LogP contribution in [0.2, 0.25) is 0 Å². The van der Waals surface area contributed by atoms with Crippen molar-refractivity contribution in [2.24, 2.45) is 23.7 Å². The normalized spacial score (nSPS) is 14.5. The Morgan fingerprint density at radius 2 is 0.527 bits per heavy atom. The van der Waals surface area contributed by atoms with E-state index >= 15 is 0 Å². The van der Waals surface area contributed by atoms with Crippen LogP contribution in [0.3, 0.4) is 0 Å². The number of rotatable bonds is 69. The van der Waals surface area contributed by atoms with E-state index < -0.39 is 97.5 Å². The summed E-state index contributed by atoms with van der Waals surface area (Å²) in [6, 6.07) is 0. The molecule has 91 heavy (non-hydrogen) atoms. The molecule has 0 saturated carbocycles. The molecule has 3 N–H and O–H groups in total. The van der Waals surface area contributed by atoms with Crippen molar-refractivity contribution >= 4 is 39.5 Å². The number of ether oxygens (including phenoxy) is 4. The summed E-state index contributed by atoms with van der Waals surface area (Å²) >= 11 is 0. The van der Waals surface area contributed by atoms with Gasteiger partial charge in [-0.25, -0.2) is 9.13 Å². The van der Waals surface area contributed by atoms with E-state index in [-0.39, 0.29) is 25.7 Å². The average Bonchev–Trinajstić information content (AvgIpc) is 3.61. The Morgan fingerprint density at radius 1 is 0.308 bits per heavy atom. The zero-order valence-electron chi connectivity index (χ0n) is 59.5. The molecule has 0 radical (unpaired) electrons. The molecule has 0 aromatic carbocycles. The van der Waals surface area contributed by atoms with Gasteiger partial charge in [0.2, 0.25) is 0 Å². The first-order valence-corrected chi connectivity index (χ1v) is 40.2. The van der Waals surface area contributed by atoms with E-state index in [1.165, 1.54) is 148 Å². The fourth-order valence-electron chi connectivity index (χ4n) is 10.8. The van der Waals surface area contributed by atoms with Crippen molar-refractivity contribution in [3.8, 4) is 0 Å². The lowest BCUT2D eigenvalue weighted by Gasteiger charge is -2.21. The quantitative estimate of drug-likeness (QED) is 0.0222. The van der Waals surface area contributed by atoms with Crippen molar-refractivity contribution in [1.29, 1.82) is 0 Å². The molecular weight excluding hydrogens is 1200 g/mol. The Labute approximate surface area is 556 Å². The van der Waals surface area contributed by atoms with Crippen LogP contribution in [0.1, 0.15) is 357 Å². The van der Waals surface area contributed by atoms with Gasteiger partial charge in [0.1, 0.15) is 19.3 Å². The van der Waals surface area contributed by atoms with Crippen LogP contribution >= 0.6 is 15.6 Å². The summed E-state index contributed by atoms with van der Waals surface area (Å²) in [6.45, 7) is 14.1. The van der Waals surface area contributed by atoms with Crippen LogP contribution in [0, 0.1) is 23.7 Å². The number of hydrogen-bond acceptors (Lipinski definition) is 15. The molecule has 4 unspecified atom stereocenters. The van der Waals surface area contributed by atoms with Crippen molar-refractivity contribution in [2.75, 3.05) is 39.6 Å². The van der Waals surface area contributed by atoms with E-state index in [1.54, 1.807) is 0 Å². The average molecular weight is 1340 g/mol. The van der Waals surface area contributed by atoms with Crippen molar-refractivity contribution in [1.82, 2.24) is 0 Å². The van der Waals surface area contributed by atoms with Gasteiger partial charge in [0.25, 0.3) is 0 Å². The van der Waals surface area contributed by atoms with Gasteiger partial charge in [0.15, 0.2) is 12.2 Å². The highest BCUT2D eigenvalue weighted by molar-refractivity contribution is 7.47. The number of esters is 4. The van der Waals surface area contributed by atoms with E-state index in [4.69, 9.17) is 37.0 Å². The fraction of sp³-hybridized carbons (Fsp3) is 0.944. The zero-order valence-corrected chi connectivity index (χ0v) is 61.3. The summed E-state index contributed by atoms with van der Waals surface area (Å²) < 4.78 is 68.3. The molecule has 0 rings (SSSR count). The maximum absolute atomic E-state index is 13.0. The van der Waals surface area contributed by atoms with Crippen LogP contribution in [0.25, 0.3) is 0 Å². The third-order valence-corrected chi connectivity index (χ3v) is 18.8. The number of unbranched alkanes of at least 4 members (excludes halogenated alkanes) is 34. The third kappa shape index (κ3) is 65.1. The maximum Gasteiger partial charge on any atom is 0.472 e. The van der Waals surface area contributed by atoms with Crippen molar-refractivity contribution in [2.45, 2.75) is 375 Å². The molecule has 0 heterocycles. The Bertz CT molecular complexity index is 1800. The van der Waals surface area contributed by atoms with E-state index in [0.29, 0.717) is 37.5 Å². The Hall–Kier alpha value is -1.94. The summed E-state index contributed by atoms with van der Waals surface area (Å²) in [6.07, 6.45) is 44.6. The van der Waals surface area contributed by atoms with E-state index in [2.05, 4.69) is 55.4 Å².